The first-order chi connectivity index (χ1) is 12.4. The molecule has 0 aromatic carbocycles. The smallest absolute Gasteiger partial charge is 0.336 e. The summed E-state index contributed by atoms with van der Waals surface area (Å²) < 4.78 is 175. The quantitative estimate of drug-likeness (QED) is 0.421. The third-order valence-electron chi connectivity index (χ3n) is 2.50. The third kappa shape index (κ3) is 6.06. The zero-order chi connectivity index (χ0) is 23.9. The molecule has 0 aromatic heterocycles. The van der Waals surface area contributed by atoms with Gasteiger partial charge in [-0.3, -0.25) is 14.4 Å². The molecule has 0 radical (unpaired) electrons. The highest BCUT2D eigenvalue weighted by Gasteiger charge is 2.78. The van der Waals surface area contributed by atoms with Gasteiger partial charge in [-0.05, 0) is 0 Å². The Balaban J connectivity index is 6.81. The van der Waals surface area contributed by atoms with E-state index in [0.717, 1.165) is 0 Å². The minimum absolute atomic E-state index is 0.436. The molecule has 0 saturated carbocycles. The third-order valence-corrected chi connectivity index (χ3v) is 5.53. The van der Waals surface area contributed by atoms with Crippen molar-refractivity contribution < 1.29 is 75.8 Å². The topological polar surface area (TPSA) is 87.3 Å². The van der Waals surface area contributed by atoms with E-state index in [0.29, 0.717) is 0 Å². The van der Waals surface area contributed by atoms with Gasteiger partial charge in [0.05, 0.1) is 0 Å². The van der Waals surface area contributed by atoms with Crippen LogP contribution in [0.5, 0.6) is 0 Å². The molecule has 3 amide bonds. The minimum atomic E-state index is -8.09. The number of carbonyl (C=O) groups excluding carboxylic acids is 3. The maximum Gasteiger partial charge on any atom is 0.470 e. The van der Waals surface area contributed by atoms with Crippen molar-refractivity contribution in [2.24, 2.45) is 0 Å². The molecule has 0 unspecified atom stereocenters. The van der Waals surface area contributed by atoms with Crippen molar-refractivity contribution in [2.45, 2.75) is 30.3 Å². The largest absolute Gasteiger partial charge is 0.470 e. The van der Waals surface area contributed by atoms with E-state index in [4.69, 9.17) is 0 Å². The molecule has 0 aromatic rings. The molecular weight excluding hydrogens is 480 g/mol. The number of nitrogens with one attached hydrogen (secondary N) is 3. The fourth-order valence-electron chi connectivity index (χ4n) is 1.27. The van der Waals surface area contributed by atoms with E-state index in [1.54, 1.807) is 0 Å². The van der Waals surface area contributed by atoms with E-state index in [1.807, 2.05) is 0 Å². The lowest BCUT2D eigenvalue weighted by atomic mass is 10.6. The summed E-state index contributed by atoms with van der Waals surface area (Å²) >= 11 is 0. The fourth-order valence-corrected chi connectivity index (χ4v) is 3.80. The Morgan fingerprint density at radius 3 is 0.828 bits per heavy atom. The van der Waals surface area contributed by atoms with Crippen LogP contribution < -0.4 is 14.9 Å². The average Bonchev–Trinajstić information content (AvgIpc) is 2.42. The van der Waals surface area contributed by atoms with Crippen LogP contribution in [0, 0.1) is 0 Å². The molecule has 0 aliphatic rings. The number of carbonyl (C=O) groups is 3. The number of amides is 3. The van der Waals surface area contributed by atoms with Crippen molar-refractivity contribution in [3.63, 3.8) is 0 Å². The number of hydrogen-bond donors (Lipinski definition) is 3. The number of hydrogen-bond acceptors (Lipinski definition) is 3. The van der Waals surface area contributed by atoms with E-state index in [2.05, 4.69) is 0 Å². The average molecular weight is 483 g/mol. The Hall–Kier alpha value is -2.35. The maximum absolute atomic E-state index is 13.7. The first-order valence-electron chi connectivity index (χ1n) is 6.01. The standard InChI is InChI=1S/C8H3F14N3O3Si/c9-4(10,11)1(26)23-29(8(21,22)7(18,19)20,24-2(27)5(12,13)14)25-3(28)6(15,16)17/h(H,23,26)(H,24,27)(H,25,28). The van der Waals surface area contributed by atoms with Crippen LogP contribution in [0.25, 0.3) is 0 Å². The van der Waals surface area contributed by atoms with E-state index >= 15 is 0 Å². The highest BCUT2D eigenvalue weighted by Crippen LogP contribution is 2.40. The fraction of sp³-hybridized carbons (Fsp3) is 0.625. The van der Waals surface area contributed by atoms with E-state index in [9.17, 15) is 75.8 Å². The summed E-state index contributed by atoms with van der Waals surface area (Å²) in [7, 11) is -8.09. The van der Waals surface area contributed by atoms with Crippen molar-refractivity contribution in [2.75, 3.05) is 0 Å². The van der Waals surface area contributed by atoms with Gasteiger partial charge in [-0.15, -0.1) is 0 Å². The lowest BCUT2D eigenvalue weighted by molar-refractivity contribution is -0.251. The Morgan fingerprint density at radius 1 is 0.483 bits per heavy atom. The number of alkyl halides is 14. The van der Waals surface area contributed by atoms with E-state index < -0.39 is 71.5 Å². The van der Waals surface area contributed by atoms with E-state index in [1.165, 1.54) is 0 Å². The Morgan fingerprint density at radius 2 is 0.690 bits per heavy atom. The summed E-state index contributed by atoms with van der Waals surface area (Å²) in [5.41, 5.74) is -7.11. The van der Waals surface area contributed by atoms with Crippen LogP contribution in [-0.2, 0) is 14.4 Å². The minimum Gasteiger partial charge on any atom is -0.336 e. The first kappa shape index (κ1) is 26.6. The zero-order valence-corrected chi connectivity index (χ0v) is 13.5. The van der Waals surface area contributed by atoms with Gasteiger partial charge >= 0.3 is 56.5 Å². The van der Waals surface area contributed by atoms with Gasteiger partial charge in [-0.1, -0.05) is 0 Å². The van der Waals surface area contributed by atoms with Crippen LogP contribution in [0.3, 0.4) is 0 Å². The molecule has 0 fully saturated rings. The Bertz CT molecular complexity index is 594. The van der Waals surface area contributed by atoms with Crippen LogP contribution in [0.2, 0.25) is 0 Å². The van der Waals surface area contributed by atoms with Crippen LogP contribution in [-0.4, -0.2) is 56.5 Å². The molecule has 3 N–H and O–H groups in total. The van der Waals surface area contributed by atoms with Crippen molar-refractivity contribution >= 4 is 26.3 Å². The van der Waals surface area contributed by atoms with Crippen LogP contribution in [0.4, 0.5) is 61.5 Å². The molecule has 0 aliphatic carbocycles. The Labute approximate surface area is 148 Å². The lowest BCUT2D eigenvalue weighted by Gasteiger charge is -2.38. The summed E-state index contributed by atoms with van der Waals surface area (Å²) in [5, 5.41) is 0. The van der Waals surface area contributed by atoms with Gasteiger partial charge < -0.3 is 14.9 Å². The molecule has 0 aliphatic heterocycles. The molecule has 0 heterocycles. The highest BCUT2D eigenvalue weighted by molar-refractivity contribution is 6.81. The summed E-state index contributed by atoms with van der Waals surface area (Å²) in [4.78, 5) is 30.9. The summed E-state index contributed by atoms with van der Waals surface area (Å²) in [6, 6.07) is 0. The van der Waals surface area contributed by atoms with Crippen molar-refractivity contribution in [3.05, 3.63) is 0 Å². The second kappa shape index (κ2) is 7.48. The second-order valence-electron chi connectivity index (χ2n) is 4.68. The highest BCUT2D eigenvalue weighted by atomic mass is 28.4. The predicted molar refractivity (Wildman–Crippen MR) is 59.3 cm³/mol. The van der Waals surface area contributed by atoms with Gasteiger partial charge in [0.1, 0.15) is 0 Å². The molecular formula is C8H3F14N3O3Si. The van der Waals surface area contributed by atoms with Gasteiger partial charge in [0, 0.05) is 0 Å². The summed E-state index contributed by atoms with van der Waals surface area (Å²) in [6.45, 7) is 0. The van der Waals surface area contributed by atoms with Crippen molar-refractivity contribution in [1.82, 2.24) is 14.9 Å². The SMILES string of the molecule is O=C(N[Si](NC(=O)C(F)(F)F)(NC(=O)C(F)(F)F)C(F)(F)C(F)(F)F)C(F)(F)F. The molecule has 0 saturated heterocycles. The summed E-state index contributed by atoms with van der Waals surface area (Å²) in [5.74, 6) is -11.8. The molecule has 170 valence electrons. The normalized spacial score (nSPS) is 14.3. The van der Waals surface area contributed by atoms with Gasteiger partial charge in [0.25, 0.3) is 0 Å². The number of halogens is 14. The van der Waals surface area contributed by atoms with Crippen molar-refractivity contribution in [1.29, 1.82) is 0 Å². The van der Waals surface area contributed by atoms with Gasteiger partial charge in [-0.2, -0.15) is 61.5 Å². The first-order valence-corrected chi connectivity index (χ1v) is 8.01. The molecule has 6 nitrogen and oxygen atoms in total. The zero-order valence-electron chi connectivity index (χ0n) is 12.5. The van der Waals surface area contributed by atoms with E-state index in [-0.39, 0.29) is 0 Å². The van der Waals surface area contributed by atoms with Crippen molar-refractivity contribution in [3.8, 4) is 0 Å². The molecule has 0 spiro atoms. The molecule has 0 atom stereocenters. The number of rotatable bonds is 4. The monoisotopic (exact) mass is 483 g/mol. The van der Waals surface area contributed by atoms with Crippen LogP contribution in [0.15, 0.2) is 0 Å². The maximum atomic E-state index is 13.7. The molecule has 0 rings (SSSR count). The predicted octanol–water partition coefficient (Wildman–Crippen LogP) is 1.70. The molecule has 0 bridgehead atoms. The van der Waals surface area contributed by atoms with Gasteiger partial charge in [0.15, 0.2) is 0 Å². The summed E-state index contributed by atoms with van der Waals surface area (Å²) in [6.07, 6.45) is -26.6. The van der Waals surface area contributed by atoms with Gasteiger partial charge in [0.2, 0.25) is 0 Å². The van der Waals surface area contributed by atoms with Crippen LogP contribution >= 0.6 is 0 Å². The Kier molecular flexibility index (Phi) is 6.87. The second-order valence-corrected chi connectivity index (χ2v) is 7.56. The molecule has 21 heteroatoms. The van der Waals surface area contributed by atoms with Crippen LogP contribution in [0.1, 0.15) is 0 Å². The lowest BCUT2D eigenvalue weighted by Crippen LogP contribution is -2.88. The van der Waals surface area contributed by atoms with Gasteiger partial charge in [-0.25, -0.2) is 0 Å². The molecule has 29 heavy (non-hydrogen) atoms.